The van der Waals surface area contributed by atoms with Crippen molar-refractivity contribution in [1.82, 2.24) is 19.9 Å². The van der Waals surface area contributed by atoms with Gasteiger partial charge in [0.1, 0.15) is 5.82 Å². The van der Waals surface area contributed by atoms with Gasteiger partial charge in [-0.15, -0.1) is 11.8 Å². The van der Waals surface area contributed by atoms with Gasteiger partial charge in [0.15, 0.2) is 0 Å². The number of rotatable bonds is 7. The number of fused-ring (bicyclic) bond motifs is 1. The van der Waals surface area contributed by atoms with Crippen LogP contribution in [0.5, 0.6) is 0 Å². The van der Waals surface area contributed by atoms with Gasteiger partial charge in [-0.1, -0.05) is 19.1 Å². The van der Waals surface area contributed by atoms with E-state index in [0.717, 1.165) is 34.8 Å². The number of aromatic nitrogens is 4. The van der Waals surface area contributed by atoms with Crippen LogP contribution in [0.3, 0.4) is 0 Å². The van der Waals surface area contributed by atoms with E-state index in [-0.39, 0.29) is 0 Å². The summed E-state index contributed by atoms with van der Waals surface area (Å²) in [6, 6.07) is 7.86. The molecular weight excluding hydrogens is 320 g/mol. The third-order valence-corrected chi connectivity index (χ3v) is 4.23. The Hall–Kier alpha value is -2.41. The van der Waals surface area contributed by atoms with E-state index in [9.17, 15) is 0 Å². The molecule has 0 saturated heterocycles. The van der Waals surface area contributed by atoms with Crippen molar-refractivity contribution in [3.8, 4) is 0 Å². The second kappa shape index (κ2) is 7.92. The number of para-hydroxylation sites is 2. The third-order valence-electron chi connectivity index (χ3n) is 3.55. The molecule has 1 atom stereocenters. The van der Waals surface area contributed by atoms with Crippen molar-refractivity contribution >= 4 is 34.6 Å². The molecule has 0 fully saturated rings. The van der Waals surface area contributed by atoms with Crippen LogP contribution in [0.25, 0.3) is 11.0 Å². The monoisotopic (exact) mass is 340 g/mol. The Balaban J connectivity index is 1.49. The molecule has 0 aliphatic heterocycles. The van der Waals surface area contributed by atoms with E-state index >= 15 is 0 Å². The second-order valence-electron chi connectivity index (χ2n) is 5.56. The summed E-state index contributed by atoms with van der Waals surface area (Å²) < 4.78 is 0. The van der Waals surface area contributed by atoms with Gasteiger partial charge in [-0.2, -0.15) is 0 Å². The molecule has 1 aromatic carbocycles. The summed E-state index contributed by atoms with van der Waals surface area (Å²) in [7, 11) is 0. The Labute approximate surface area is 145 Å². The van der Waals surface area contributed by atoms with Crippen LogP contribution in [0, 0.1) is 5.92 Å². The fourth-order valence-corrected chi connectivity index (χ4v) is 2.49. The average Bonchev–Trinajstić information content (AvgIpc) is 2.65. The number of anilines is 2. The summed E-state index contributed by atoms with van der Waals surface area (Å²) in [5.74, 6) is 1.84. The largest absolute Gasteiger partial charge is 0.368 e. The van der Waals surface area contributed by atoms with Gasteiger partial charge in [0.25, 0.3) is 0 Å². The summed E-state index contributed by atoms with van der Waals surface area (Å²) in [6.45, 7) is 3.74. The quantitative estimate of drug-likeness (QED) is 0.639. The third kappa shape index (κ3) is 4.32. The minimum atomic E-state index is 0.391. The van der Waals surface area contributed by atoms with Crippen LogP contribution in [0.2, 0.25) is 0 Å². The molecule has 2 aromatic heterocycles. The Morgan fingerprint density at radius 1 is 0.958 bits per heavy atom. The van der Waals surface area contributed by atoms with E-state index < -0.39 is 0 Å². The van der Waals surface area contributed by atoms with E-state index in [4.69, 9.17) is 0 Å². The van der Waals surface area contributed by atoms with Crippen LogP contribution in [-0.4, -0.2) is 39.3 Å². The van der Waals surface area contributed by atoms with Gasteiger partial charge in [-0.05, 0) is 24.3 Å². The first-order valence-electron chi connectivity index (χ1n) is 7.80. The Kier molecular flexibility index (Phi) is 5.43. The van der Waals surface area contributed by atoms with Gasteiger partial charge < -0.3 is 10.6 Å². The molecule has 0 saturated carbocycles. The van der Waals surface area contributed by atoms with E-state index in [1.807, 2.05) is 42.9 Å². The topological polar surface area (TPSA) is 75.6 Å². The molecule has 0 aliphatic rings. The highest BCUT2D eigenvalue weighted by Gasteiger charge is 2.05. The molecule has 3 rings (SSSR count). The number of hydrogen-bond donors (Lipinski definition) is 2. The highest BCUT2D eigenvalue weighted by Crippen LogP contribution is 2.13. The number of thioether (sulfide) groups is 1. The van der Waals surface area contributed by atoms with Crippen LogP contribution in [0.1, 0.15) is 6.92 Å². The summed E-state index contributed by atoms with van der Waals surface area (Å²) in [4.78, 5) is 18.6. The molecular formula is C17H20N6S. The smallest absolute Gasteiger partial charge is 0.222 e. The second-order valence-corrected chi connectivity index (χ2v) is 6.44. The number of nitrogens with zero attached hydrogens (tertiary/aromatic N) is 4. The standard InChI is InChI=1S/C17H20N6S/c1-12(8-20-17-21-9-13(24-2)10-22-17)7-19-16-11-18-14-5-3-4-6-15(14)23-16/h3-6,9-12H,7-8H2,1-2H3,(H,19,23)(H,20,21,22). The molecule has 0 bridgehead atoms. The van der Waals surface area contributed by atoms with Crippen molar-refractivity contribution in [3.63, 3.8) is 0 Å². The molecule has 1 unspecified atom stereocenters. The van der Waals surface area contributed by atoms with Crippen molar-refractivity contribution in [2.45, 2.75) is 11.8 Å². The van der Waals surface area contributed by atoms with Gasteiger partial charge >= 0.3 is 0 Å². The number of nitrogens with one attached hydrogen (secondary N) is 2. The first-order chi connectivity index (χ1) is 11.7. The van der Waals surface area contributed by atoms with Crippen molar-refractivity contribution in [2.75, 3.05) is 30.0 Å². The number of benzene rings is 1. The van der Waals surface area contributed by atoms with Crippen LogP contribution in [-0.2, 0) is 0 Å². The van der Waals surface area contributed by atoms with E-state index in [2.05, 4.69) is 37.5 Å². The molecule has 0 radical (unpaired) electrons. The average molecular weight is 340 g/mol. The molecule has 24 heavy (non-hydrogen) atoms. The van der Waals surface area contributed by atoms with Crippen molar-refractivity contribution in [1.29, 1.82) is 0 Å². The number of hydrogen-bond acceptors (Lipinski definition) is 7. The Bertz CT molecular complexity index is 792. The maximum atomic E-state index is 4.56. The first kappa shape index (κ1) is 16.4. The molecule has 3 aromatic rings. The van der Waals surface area contributed by atoms with E-state index in [1.165, 1.54) is 0 Å². The summed E-state index contributed by atoms with van der Waals surface area (Å²) in [5.41, 5.74) is 1.80. The van der Waals surface area contributed by atoms with Gasteiger partial charge in [0.2, 0.25) is 5.95 Å². The molecule has 0 aliphatic carbocycles. The van der Waals surface area contributed by atoms with Gasteiger partial charge in [-0.25, -0.2) is 15.0 Å². The minimum Gasteiger partial charge on any atom is -0.368 e. The molecule has 2 heterocycles. The molecule has 0 amide bonds. The predicted molar refractivity (Wildman–Crippen MR) is 99.5 cm³/mol. The molecule has 7 heteroatoms. The lowest BCUT2D eigenvalue weighted by molar-refractivity contribution is 0.644. The van der Waals surface area contributed by atoms with Crippen molar-refractivity contribution in [2.24, 2.45) is 5.92 Å². The van der Waals surface area contributed by atoms with Crippen LogP contribution in [0.4, 0.5) is 11.8 Å². The zero-order valence-electron chi connectivity index (χ0n) is 13.7. The lowest BCUT2D eigenvalue weighted by atomic mass is 10.2. The highest BCUT2D eigenvalue weighted by atomic mass is 32.2. The van der Waals surface area contributed by atoms with Crippen LogP contribution in [0.15, 0.2) is 47.8 Å². The highest BCUT2D eigenvalue weighted by molar-refractivity contribution is 7.98. The molecule has 0 spiro atoms. The lowest BCUT2D eigenvalue weighted by Crippen LogP contribution is -2.21. The fraction of sp³-hybridized carbons (Fsp3) is 0.294. The fourth-order valence-electron chi connectivity index (χ4n) is 2.17. The summed E-state index contributed by atoms with van der Waals surface area (Å²) in [5, 5.41) is 6.59. The Morgan fingerprint density at radius 3 is 2.42 bits per heavy atom. The van der Waals surface area contributed by atoms with Crippen LogP contribution >= 0.6 is 11.8 Å². The van der Waals surface area contributed by atoms with Gasteiger partial charge in [0.05, 0.1) is 17.2 Å². The first-order valence-corrected chi connectivity index (χ1v) is 9.02. The Morgan fingerprint density at radius 2 is 1.67 bits per heavy atom. The normalized spacial score (nSPS) is 12.1. The molecule has 124 valence electrons. The van der Waals surface area contributed by atoms with Crippen molar-refractivity contribution < 1.29 is 0 Å². The summed E-state index contributed by atoms with van der Waals surface area (Å²) >= 11 is 1.63. The molecule has 2 N–H and O–H groups in total. The zero-order valence-corrected chi connectivity index (χ0v) is 14.5. The maximum absolute atomic E-state index is 4.56. The zero-order chi connectivity index (χ0) is 16.8. The van der Waals surface area contributed by atoms with Crippen molar-refractivity contribution in [3.05, 3.63) is 42.9 Å². The van der Waals surface area contributed by atoms with E-state index in [1.54, 1.807) is 18.0 Å². The van der Waals surface area contributed by atoms with Crippen LogP contribution < -0.4 is 10.6 Å². The molecule has 6 nitrogen and oxygen atoms in total. The maximum Gasteiger partial charge on any atom is 0.222 e. The summed E-state index contributed by atoms with van der Waals surface area (Å²) in [6.07, 6.45) is 7.43. The van der Waals surface area contributed by atoms with E-state index in [0.29, 0.717) is 11.9 Å². The SMILES string of the molecule is CSc1cnc(NCC(C)CNc2cnc3ccccc3n2)nc1. The minimum absolute atomic E-state index is 0.391. The van der Waals surface area contributed by atoms with Gasteiger partial charge in [-0.3, -0.25) is 4.98 Å². The predicted octanol–water partition coefficient (Wildman–Crippen LogP) is 3.30. The van der Waals surface area contributed by atoms with Gasteiger partial charge in [0, 0.05) is 30.4 Å². The lowest BCUT2D eigenvalue weighted by Gasteiger charge is -2.14.